The van der Waals surface area contributed by atoms with Gasteiger partial charge in [-0.2, -0.15) is 0 Å². The summed E-state index contributed by atoms with van der Waals surface area (Å²) in [6, 6.07) is 4.82. The van der Waals surface area contributed by atoms with E-state index in [0.717, 1.165) is 6.42 Å². The predicted molar refractivity (Wildman–Crippen MR) is 73.7 cm³/mol. The molecule has 0 aliphatic heterocycles. The Balaban J connectivity index is 2.62. The Kier molecular flexibility index (Phi) is 5.95. The Labute approximate surface area is 112 Å². The maximum Gasteiger partial charge on any atom is 0.253 e. The van der Waals surface area contributed by atoms with Crippen molar-refractivity contribution in [2.45, 2.75) is 19.8 Å². The van der Waals surface area contributed by atoms with Gasteiger partial charge in [-0.05, 0) is 30.5 Å². The van der Waals surface area contributed by atoms with Gasteiger partial charge in [-0.1, -0.05) is 24.9 Å². The van der Waals surface area contributed by atoms with Crippen LogP contribution in [0.2, 0.25) is 5.02 Å². The number of rotatable bonds is 6. The number of carbonyl (C=O) groups is 1. The van der Waals surface area contributed by atoms with Crippen LogP contribution >= 0.6 is 11.6 Å². The SMILES string of the molecule is CCC(CCO)CNC(=O)c1cc(Cl)ccc1N. The smallest absolute Gasteiger partial charge is 0.253 e. The molecule has 1 aromatic rings. The number of halogens is 1. The monoisotopic (exact) mass is 270 g/mol. The van der Waals surface area contributed by atoms with Crippen LogP contribution in [0.1, 0.15) is 30.1 Å². The number of nitrogens with two attached hydrogens (primary N) is 1. The van der Waals surface area contributed by atoms with E-state index in [0.29, 0.717) is 29.2 Å². The molecular weight excluding hydrogens is 252 g/mol. The molecule has 0 saturated heterocycles. The Bertz CT molecular complexity index is 410. The topological polar surface area (TPSA) is 75.3 Å². The molecule has 0 saturated carbocycles. The highest BCUT2D eigenvalue weighted by Gasteiger charge is 2.12. The first-order valence-electron chi connectivity index (χ1n) is 6.02. The highest BCUT2D eigenvalue weighted by molar-refractivity contribution is 6.31. The molecule has 0 fully saturated rings. The summed E-state index contributed by atoms with van der Waals surface area (Å²) < 4.78 is 0. The number of hydrogen-bond acceptors (Lipinski definition) is 3. The lowest BCUT2D eigenvalue weighted by Crippen LogP contribution is -2.30. The number of nitrogen functional groups attached to an aromatic ring is 1. The van der Waals surface area contributed by atoms with Crippen molar-refractivity contribution in [3.63, 3.8) is 0 Å². The maximum absolute atomic E-state index is 11.9. The van der Waals surface area contributed by atoms with Gasteiger partial charge in [0.1, 0.15) is 0 Å². The van der Waals surface area contributed by atoms with Gasteiger partial charge in [-0.15, -0.1) is 0 Å². The van der Waals surface area contributed by atoms with Gasteiger partial charge in [0.25, 0.3) is 5.91 Å². The highest BCUT2D eigenvalue weighted by atomic mass is 35.5. The molecule has 0 spiro atoms. The first kappa shape index (κ1) is 14.8. The molecule has 100 valence electrons. The first-order chi connectivity index (χ1) is 8.58. The van der Waals surface area contributed by atoms with E-state index >= 15 is 0 Å². The zero-order valence-corrected chi connectivity index (χ0v) is 11.2. The molecule has 18 heavy (non-hydrogen) atoms. The molecular formula is C13H19ClN2O2. The number of nitrogens with one attached hydrogen (secondary N) is 1. The van der Waals surface area contributed by atoms with Gasteiger partial charge in [0.05, 0.1) is 5.56 Å². The molecule has 1 atom stereocenters. The van der Waals surface area contributed by atoms with E-state index in [1.807, 2.05) is 6.92 Å². The fourth-order valence-electron chi connectivity index (χ4n) is 1.69. The van der Waals surface area contributed by atoms with Crippen LogP contribution in [0.25, 0.3) is 0 Å². The van der Waals surface area contributed by atoms with E-state index in [-0.39, 0.29) is 18.4 Å². The average molecular weight is 271 g/mol. The molecule has 0 bridgehead atoms. The molecule has 1 rings (SSSR count). The lowest BCUT2D eigenvalue weighted by atomic mass is 10.0. The van der Waals surface area contributed by atoms with Crippen LogP contribution in [-0.2, 0) is 0 Å². The van der Waals surface area contributed by atoms with Crippen LogP contribution in [-0.4, -0.2) is 24.2 Å². The van der Waals surface area contributed by atoms with Crippen LogP contribution in [0.15, 0.2) is 18.2 Å². The number of amides is 1. The first-order valence-corrected chi connectivity index (χ1v) is 6.40. The predicted octanol–water partition coefficient (Wildman–Crippen LogP) is 2.06. The summed E-state index contributed by atoms with van der Waals surface area (Å²) in [7, 11) is 0. The standard InChI is InChI=1S/C13H19ClN2O2/c1-2-9(5-6-17)8-16-13(18)11-7-10(14)3-4-12(11)15/h3-4,7,9,17H,2,5-6,8,15H2,1H3,(H,16,18). The summed E-state index contributed by atoms with van der Waals surface area (Å²) in [5, 5.41) is 12.2. The third-order valence-electron chi connectivity index (χ3n) is 2.93. The number of aliphatic hydroxyl groups excluding tert-OH is 1. The van der Waals surface area contributed by atoms with Crippen LogP contribution < -0.4 is 11.1 Å². The second kappa shape index (κ2) is 7.24. The Morgan fingerprint density at radius 2 is 2.28 bits per heavy atom. The zero-order valence-electron chi connectivity index (χ0n) is 10.4. The van der Waals surface area contributed by atoms with E-state index in [9.17, 15) is 4.79 Å². The molecule has 0 aliphatic rings. The Morgan fingerprint density at radius 1 is 1.56 bits per heavy atom. The number of hydrogen-bond donors (Lipinski definition) is 3. The van der Waals surface area contributed by atoms with Crippen LogP contribution in [0.5, 0.6) is 0 Å². The third-order valence-corrected chi connectivity index (χ3v) is 3.16. The van der Waals surface area contributed by atoms with Gasteiger partial charge in [0.2, 0.25) is 0 Å². The lowest BCUT2D eigenvalue weighted by molar-refractivity contribution is 0.0944. The zero-order chi connectivity index (χ0) is 13.5. The molecule has 5 heteroatoms. The molecule has 0 aromatic heterocycles. The van der Waals surface area contributed by atoms with Gasteiger partial charge in [-0.3, -0.25) is 4.79 Å². The summed E-state index contributed by atoms with van der Waals surface area (Å²) in [5.41, 5.74) is 6.53. The van der Waals surface area contributed by atoms with Gasteiger partial charge in [-0.25, -0.2) is 0 Å². The number of aliphatic hydroxyl groups is 1. The van der Waals surface area contributed by atoms with Crippen molar-refractivity contribution >= 4 is 23.2 Å². The number of carbonyl (C=O) groups excluding carboxylic acids is 1. The molecule has 0 heterocycles. The van der Waals surface area contributed by atoms with E-state index in [2.05, 4.69) is 5.32 Å². The van der Waals surface area contributed by atoms with Crippen LogP contribution in [0, 0.1) is 5.92 Å². The molecule has 1 amide bonds. The summed E-state index contributed by atoms with van der Waals surface area (Å²) >= 11 is 5.83. The fraction of sp³-hybridized carbons (Fsp3) is 0.462. The summed E-state index contributed by atoms with van der Waals surface area (Å²) in [6.45, 7) is 2.69. The second-order valence-corrected chi connectivity index (χ2v) is 4.66. The van der Waals surface area contributed by atoms with E-state index in [4.69, 9.17) is 22.4 Å². The molecule has 1 unspecified atom stereocenters. The van der Waals surface area contributed by atoms with E-state index < -0.39 is 0 Å². The van der Waals surface area contributed by atoms with E-state index in [1.165, 1.54) is 0 Å². The van der Waals surface area contributed by atoms with Crippen molar-refractivity contribution in [2.24, 2.45) is 5.92 Å². The normalized spacial score (nSPS) is 12.2. The van der Waals surface area contributed by atoms with E-state index in [1.54, 1.807) is 18.2 Å². The Hall–Kier alpha value is -1.26. The van der Waals surface area contributed by atoms with Crippen molar-refractivity contribution in [2.75, 3.05) is 18.9 Å². The largest absolute Gasteiger partial charge is 0.398 e. The minimum atomic E-state index is -0.230. The molecule has 0 aliphatic carbocycles. The summed E-state index contributed by atoms with van der Waals surface area (Å²) in [5.74, 6) is 0.0470. The molecule has 4 nitrogen and oxygen atoms in total. The van der Waals surface area contributed by atoms with Crippen molar-refractivity contribution in [1.82, 2.24) is 5.32 Å². The lowest BCUT2D eigenvalue weighted by Gasteiger charge is -2.15. The van der Waals surface area contributed by atoms with Gasteiger partial charge >= 0.3 is 0 Å². The third kappa shape index (κ3) is 4.20. The van der Waals surface area contributed by atoms with Gasteiger partial charge in [0, 0.05) is 23.9 Å². The van der Waals surface area contributed by atoms with Crippen molar-refractivity contribution < 1.29 is 9.90 Å². The quantitative estimate of drug-likeness (QED) is 0.693. The Morgan fingerprint density at radius 3 is 2.89 bits per heavy atom. The fourth-order valence-corrected chi connectivity index (χ4v) is 1.86. The van der Waals surface area contributed by atoms with Crippen molar-refractivity contribution in [3.8, 4) is 0 Å². The van der Waals surface area contributed by atoms with Crippen LogP contribution in [0.4, 0.5) is 5.69 Å². The van der Waals surface area contributed by atoms with Gasteiger partial charge in [0.15, 0.2) is 0 Å². The molecule has 0 radical (unpaired) electrons. The summed E-state index contributed by atoms with van der Waals surface area (Å²) in [4.78, 5) is 11.9. The van der Waals surface area contributed by atoms with Crippen molar-refractivity contribution in [1.29, 1.82) is 0 Å². The second-order valence-electron chi connectivity index (χ2n) is 4.23. The summed E-state index contributed by atoms with van der Waals surface area (Å²) in [6.07, 6.45) is 1.59. The molecule has 1 aromatic carbocycles. The van der Waals surface area contributed by atoms with Crippen molar-refractivity contribution in [3.05, 3.63) is 28.8 Å². The highest BCUT2D eigenvalue weighted by Crippen LogP contribution is 2.18. The maximum atomic E-state index is 11.9. The number of benzene rings is 1. The average Bonchev–Trinajstić information content (AvgIpc) is 2.37. The van der Waals surface area contributed by atoms with Crippen LogP contribution in [0.3, 0.4) is 0 Å². The minimum Gasteiger partial charge on any atom is -0.398 e. The van der Waals surface area contributed by atoms with Gasteiger partial charge < -0.3 is 16.2 Å². The number of anilines is 1. The molecule has 4 N–H and O–H groups in total. The minimum absolute atomic E-state index is 0.133.